The summed E-state index contributed by atoms with van der Waals surface area (Å²) in [5.74, 6) is -1.58. The van der Waals surface area contributed by atoms with Gasteiger partial charge >= 0.3 is 5.97 Å². The summed E-state index contributed by atoms with van der Waals surface area (Å²) in [7, 11) is 0. The van der Waals surface area contributed by atoms with Crippen molar-refractivity contribution < 1.29 is 19.0 Å². The van der Waals surface area contributed by atoms with Crippen molar-refractivity contribution in [3.63, 3.8) is 0 Å². The largest absolute Gasteiger partial charge is 0.489 e. The van der Waals surface area contributed by atoms with E-state index in [1.54, 1.807) is 11.5 Å². The summed E-state index contributed by atoms with van der Waals surface area (Å²) < 4.78 is 21.1. The van der Waals surface area contributed by atoms with Crippen LogP contribution in [0.1, 0.15) is 95.8 Å². The highest BCUT2D eigenvalue weighted by Crippen LogP contribution is 2.35. The van der Waals surface area contributed by atoms with Crippen molar-refractivity contribution in [2.24, 2.45) is 0 Å². The van der Waals surface area contributed by atoms with E-state index in [-0.39, 0.29) is 17.0 Å². The second-order valence-electron chi connectivity index (χ2n) is 7.68. The highest BCUT2D eigenvalue weighted by atomic mass is 35.5. The molecular formula is C30H43ClFNO4. The molecule has 1 aliphatic rings. The molecule has 206 valence electrons. The van der Waals surface area contributed by atoms with Crippen LogP contribution in [0, 0.1) is 12.7 Å². The van der Waals surface area contributed by atoms with Crippen LogP contribution in [0.3, 0.4) is 0 Å². The first kappa shape index (κ1) is 34.1. The third-order valence-corrected chi connectivity index (χ3v) is 5.61. The van der Waals surface area contributed by atoms with Gasteiger partial charge in [0.2, 0.25) is 5.43 Å². The third kappa shape index (κ3) is 8.89. The number of ether oxygens (including phenoxy) is 1. The summed E-state index contributed by atoms with van der Waals surface area (Å²) in [4.78, 5) is 23.3. The van der Waals surface area contributed by atoms with E-state index in [1.807, 2.05) is 60.6 Å². The maximum atomic E-state index is 13.9. The maximum Gasteiger partial charge on any atom is 0.341 e. The lowest BCUT2D eigenvalue weighted by Gasteiger charge is -2.28. The highest BCUT2D eigenvalue weighted by Gasteiger charge is 2.26. The fourth-order valence-corrected chi connectivity index (χ4v) is 3.67. The number of halogens is 2. The van der Waals surface area contributed by atoms with Gasteiger partial charge in [0, 0.05) is 16.8 Å². The van der Waals surface area contributed by atoms with Gasteiger partial charge in [0.1, 0.15) is 23.7 Å². The van der Waals surface area contributed by atoms with E-state index in [0.717, 1.165) is 11.1 Å². The number of carbonyl (C=O) groups is 1. The minimum atomic E-state index is -1.32. The van der Waals surface area contributed by atoms with Crippen LogP contribution in [-0.4, -0.2) is 22.2 Å². The van der Waals surface area contributed by atoms with E-state index < -0.39 is 17.2 Å². The van der Waals surface area contributed by atoms with Gasteiger partial charge in [-0.3, -0.25) is 4.79 Å². The van der Waals surface area contributed by atoms with Crippen LogP contribution in [0.4, 0.5) is 4.39 Å². The zero-order chi connectivity index (χ0) is 28.7. The molecule has 1 aromatic heterocycles. The molecule has 2 aromatic carbocycles. The molecule has 5 nitrogen and oxygen atoms in total. The first-order valence-electron chi connectivity index (χ1n) is 13.2. The topological polar surface area (TPSA) is 68.5 Å². The van der Waals surface area contributed by atoms with Gasteiger partial charge in [-0.05, 0) is 50.5 Å². The number of aromatic nitrogens is 1. The molecule has 0 amide bonds. The molecule has 1 atom stereocenters. The zero-order valence-corrected chi connectivity index (χ0v) is 24.5. The third-order valence-electron chi connectivity index (χ3n) is 5.36. The summed E-state index contributed by atoms with van der Waals surface area (Å²) in [5.41, 5.74) is 1.11. The molecule has 37 heavy (non-hydrogen) atoms. The van der Waals surface area contributed by atoms with Crippen LogP contribution in [0.25, 0.3) is 10.9 Å². The predicted molar refractivity (Wildman–Crippen MR) is 154 cm³/mol. The molecule has 1 aliphatic heterocycles. The predicted octanol–water partition coefficient (Wildman–Crippen LogP) is 8.86. The molecule has 0 saturated carbocycles. The van der Waals surface area contributed by atoms with E-state index in [1.165, 1.54) is 31.0 Å². The number of pyridine rings is 1. The Morgan fingerprint density at radius 3 is 2.22 bits per heavy atom. The minimum absolute atomic E-state index is 0.0366. The Balaban J connectivity index is 0.000000649. The number of carboxylic acid groups (broad SMARTS) is 1. The smallest absolute Gasteiger partial charge is 0.341 e. The van der Waals surface area contributed by atoms with Gasteiger partial charge in [0.25, 0.3) is 0 Å². The van der Waals surface area contributed by atoms with E-state index in [2.05, 4.69) is 19.1 Å². The van der Waals surface area contributed by atoms with E-state index >= 15 is 0 Å². The number of hydrogen-bond acceptors (Lipinski definition) is 3. The van der Waals surface area contributed by atoms with Crippen molar-refractivity contribution in [2.45, 2.75) is 87.6 Å². The number of rotatable bonds is 4. The van der Waals surface area contributed by atoms with Gasteiger partial charge in [-0.15, -0.1) is 0 Å². The fourth-order valence-electron chi connectivity index (χ4n) is 3.54. The first-order valence-corrected chi connectivity index (χ1v) is 13.6. The van der Waals surface area contributed by atoms with Crippen molar-refractivity contribution in [1.82, 2.24) is 4.57 Å². The molecule has 0 fully saturated rings. The van der Waals surface area contributed by atoms with Crippen molar-refractivity contribution >= 4 is 28.5 Å². The van der Waals surface area contributed by atoms with Gasteiger partial charge in [0.15, 0.2) is 0 Å². The monoisotopic (exact) mass is 535 g/mol. The maximum absolute atomic E-state index is 13.9. The number of unbranched alkanes of at least 4 members (excludes halogenated alkanes) is 1. The number of benzene rings is 2. The summed E-state index contributed by atoms with van der Waals surface area (Å²) >= 11 is 5.75. The molecule has 1 unspecified atom stereocenters. The van der Waals surface area contributed by atoms with E-state index in [4.69, 9.17) is 21.4 Å². The van der Waals surface area contributed by atoms with Crippen molar-refractivity contribution in [3.05, 3.63) is 74.3 Å². The average molecular weight is 536 g/mol. The van der Waals surface area contributed by atoms with Crippen LogP contribution in [0.5, 0.6) is 5.75 Å². The number of aryl methyl sites for hydroxylation is 1. The summed E-state index contributed by atoms with van der Waals surface area (Å²) in [5, 5.41) is 9.97. The quantitative estimate of drug-likeness (QED) is 0.362. The molecule has 1 N–H and O–H groups in total. The molecule has 4 rings (SSSR count). The van der Waals surface area contributed by atoms with Crippen LogP contribution < -0.4 is 10.2 Å². The van der Waals surface area contributed by atoms with Gasteiger partial charge < -0.3 is 14.4 Å². The number of hydrogen-bond donors (Lipinski definition) is 1. The molecule has 0 radical (unpaired) electrons. The van der Waals surface area contributed by atoms with E-state index in [9.17, 15) is 14.0 Å². The van der Waals surface area contributed by atoms with Crippen LogP contribution in [-0.2, 0) is 6.42 Å². The Morgan fingerprint density at radius 2 is 1.70 bits per heavy atom. The van der Waals surface area contributed by atoms with Gasteiger partial charge in [-0.1, -0.05) is 78.6 Å². The normalized spacial score (nSPS) is 12.7. The highest BCUT2D eigenvalue weighted by molar-refractivity contribution is 6.30. The van der Waals surface area contributed by atoms with Gasteiger partial charge in [-0.2, -0.15) is 0 Å². The van der Waals surface area contributed by atoms with Gasteiger partial charge in [0.05, 0.1) is 16.9 Å². The Bertz CT molecular complexity index is 1170. The molecule has 0 bridgehead atoms. The molecule has 7 heteroatoms. The van der Waals surface area contributed by atoms with E-state index in [0.29, 0.717) is 23.4 Å². The number of nitrogens with zero attached hydrogens (tertiary/aromatic N) is 1. The zero-order valence-electron chi connectivity index (χ0n) is 23.7. The standard InChI is InChI=1S/C14H12FNO4.C10H13Cl.3C2H6/c1-6-5-20-13-7(2)10(15)3-8-11(13)16(6)4-9(12(8)17)14(18)19;1-2-3-4-9-5-7-10(11)8-6-9;3*1-2/h3-4,6H,5H2,1-2H3,(H,18,19);5-8H,2-4H2,1H3;3*1-2H3. The number of carboxylic acids is 1. The summed E-state index contributed by atoms with van der Waals surface area (Å²) in [6, 6.07) is 9.05. The SMILES string of the molecule is CC.CC.CC.CCCCc1ccc(Cl)cc1.Cc1c(F)cc2c(=O)c(C(=O)O)cn3c2c1OCC3C. The molecular weight excluding hydrogens is 493 g/mol. The van der Waals surface area contributed by atoms with Crippen LogP contribution in [0.15, 0.2) is 41.3 Å². The average Bonchev–Trinajstić information content (AvgIpc) is 2.92. The molecule has 0 aliphatic carbocycles. The Labute approximate surface area is 226 Å². The fraction of sp³-hybridized carbons (Fsp3) is 0.467. The second kappa shape index (κ2) is 17.6. The Kier molecular flexibility index (Phi) is 16.2. The summed E-state index contributed by atoms with van der Waals surface area (Å²) in [6.07, 6.45) is 5.00. The Morgan fingerprint density at radius 1 is 1.14 bits per heavy atom. The summed E-state index contributed by atoms with van der Waals surface area (Å²) in [6.45, 7) is 17.9. The van der Waals surface area contributed by atoms with Crippen molar-refractivity contribution in [3.8, 4) is 5.75 Å². The lowest BCUT2D eigenvalue weighted by Crippen LogP contribution is -2.27. The lowest BCUT2D eigenvalue weighted by atomic mass is 10.0. The first-order chi connectivity index (χ1) is 17.7. The Hall–Kier alpha value is -2.86. The molecule has 3 aromatic rings. The van der Waals surface area contributed by atoms with Crippen LogP contribution in [0.2, 0.25) is 5.02 Å². The number of aromatic carboxylic acids is 1. The van der Waals surface area contributed by atoms with Crippen molar-refractivity contribution in [2.75, 3.05) is 6.61 Å². The minimum Gasteiger partial charge on any atom is -0.489 e. The molecule has 2 heterocycles. The molecule has 0 saturated heterocycles. The van der Waals surface area contributed by atoms with Crippen LogP contribution >= 0.6 is 11.6 Å². The van der Waals surface area contributed by atoms with Crippen molar-refractivity contribution in [1.29, 1.82) is 0 Å². The second-order valence-corrected chi connectivity index (χ2v) is 8.12. The lowest BCUT2D eigenvalue weighted by molar-refractivity contribution is 0.0694. The molecule has 0 spiro atoms. The van der Waals surface area contributed by atoms with Gasteiger partial charge in [-0.25, -0.2) is 9.18 Å².